The van der Waals surface area contributed by atoms with Gasteiger partial charge in [-0.2, -0.15) is 5.10 Å². The molecule has 0 atom stereocenters. The van der Waals surface area contributed by atoms with Gasteiger partial charge in [-0.25, -0.2) is 9.89 Å². The van der Waals surface area contributed by atoms with Crippen LogP contribution in [-0.2, 0) is 14.3 Å². The van der Waals surface area contributed by atoms with Crippen molar-refractivity contribution in [3.63, 3.8) is 0 Å². The van der Waals surface area contributed by atoms with E-state index in [1.165, 1.54) is 12.2 Å². The SMILES string of the molecule is Cc1n[nH]c(=O)c2c(NC(=O)COC(=O)C=Cc3ccc4c(c3)OCO4)oc(C)c12. The summed E-state index contributed by atoms with van der Waals surface area (Å²) >= 11 is 0. The monoisotopic (exact) mass is 411 g/mol. The van der Waals surface area contributed by atoms with Gasteiger partial charge in [0, 0.05) is 6.08 Å². The Morgan fingerprint density at radius 1 is 1.23 bits per heavy atom. The number of esters is 1. The third kappa shape index (κ3) is 3.75. The number of carbonyl (C=O) groups is 2. The quantitative estimate of drug-likeness (QED) is 0.481. The van der Waals surface area contributed by atoms with E-state index in [1.807, 2.05) is 0 Å². The van der Waals surface area contributed by atoms with E-state index in [2.05, 4.69) is 15.5 Å². The van der Waals surface area contributed by atoms with Crippen LogP contribution < -0.4 is 20.3 Å². The number of amides is 1. The van der Waals surface area contributed by atoms with Gasteiger partial charge in [-0.1, -0.05) is 6.07 Å². The van der Waals surface area contributed by atoms with Gasteiger partial charge in [0.15, 0.2) is 18.1 Å². The highest BCUT2D eigenvalue weighted by Gasteiger charge is 2.19. The summed E-state index contributed by atoms with van der Waals surface area (Å²) in [4.78, 5) is 36.1. The Balaban J connectivity index is 1.37. The molecule has 3 aromatic rings. The maximum Gasteiger partial charge on any atom is 0.331 e. The number of nitrogens with zero attached hydrogens (tertiary/aromatic N) is 1. The van der Waals surface area contributed by atoms with E-state index in [0.29, 0.717) is 33.9 Å². The van der Waals surface area contributed by atoms with Crippen molar-refractivity contribution in [2.24, 2.45) is 0 Å². The van der Waals surface area contributed by atoms with Crippen LogP contribution in [0.25, 0.3) is 16.8 Å². The van der Waals surface area contributed by atoms with Crippen LogP contribution in [0.1, 0.15) is 17.0 Å². The van der Waals surface area contributed by atoms with Gasteiger partial charge in [0.2, 0.25) is 12.7 Å². The first-order valence-corrected chi connectivity index (χ1v) is 8.95. The summed E-state index contributed by atoms with van der Waals surface area (Å²) in [6.45, 7) is 2.98. The minimum Gasteiger partial charge on any atom is -0.454 e. The number of nitrogens with one attached hydrogen (secondary N) is 2. The second-order valence-corrected chi connectivity index (χ2v) is 6.48. The number of aromatic amines is 1. The first kappa shape index (κ1) is 19.2. The van der Waals surface area contributed by atoms with Crippen molar-refractivity contribution >= 4 is 34.6 Å². The van der Waals surface area contributed by atoms with Gasteiger partial charge >= 0.3 is 5.97 Å². The van der Waals surface area contributed by atoms with Crippen molar-refractivity contribution in [1.29, 1.82) is 0 Å². The zero-order chi connectivity index (χ0) is 21.3. The Kier molecular flexibility index (Phi) is 4.97. The molecule has 1 aliphatic heterocycles. The van der Waals surface area contributed by atoms with E-state index in [4.69, 9.17) is 18.6 Å². The number of hydrogen-bond acceptors (Lipinski definition) is 8. The summed E-state index contributed by atoms with van der Waals surface area (Å²) in [5, 5.41) is 9.38. The lowest BCUT2D eigenvalue weighted by Crippen LogP contribution is -2.21. The number of benzene rings is 1. The molecule has 0 saturated heterocycles. The maximum atomic E-state index is 12.1. The molecule has 4 rings (SSSR count). The van der Waals surface area contributed by atoms with Gasteiger partial charge in [0.25, 0.3) is 11.5 Å². The van der Waals surface area contributed by atoms with Crippen LogP contribution in [0.3, 0.4) is 0 Å². The summed E-state index contributed by atoms with van der Waals surface area (Å²) in [6.07, 6.45) is 2.72. The lowest BCUT2D eigenvalue weighted by atomic mass is 10.2. The second kappa shape index (κ2) is 7.74. The summed E-state index contributed by atoms with van der Waals surface area (Å²) in [7, 11) is 0. The molecular formula is C20H17N3O7. The van der Waals surface area contributed by atoms with Gasteiger partial charge in [0.05, 0.1) is 11.1 Å². The molecule has 0 unspecified atom stereocenters. The fraction of sp³-hybridized carbons (Fsp3) is 0.200. The Morgan fingerprint density at radius 2 is 2.03 bits per heavy atom. The molecule has 1 aromatic carbocycles. The number of fused-ring (bicyclic) bond motifs is 2. The van der Waals surface area contributed by atoms with Crippen LogP contribution in [0.4, 0.5) is 5.88 Å². The number of hydrogen-bond donors (Lipinski definition) is 2. The molecule has 1 amide bonds. The number of aryl methyl sites for hydroxylation is 2. The van der Waals surface area contributed by atoms with E-state index in [1.54, 1.807) is 32.0 Å². The van der Waals surface area contributed by atoms with E-state index in [0.717, 1.165) is 0 Å². The molecule has 0 saturated carbocycles. The molecule has 3 heterocycles. The molecule has 0 radical (unpaired) electrons. The molecule has 154 valence electrons. The number of aromatic nitrogens is 2. The van der Waals surface area contributed by atoms with Crippen LogP contribution in [-0.4, -0.2) is 35.5 Å². The predicted molar refractivity (Wildman–Crippen MR) is 105 cm³/mol. The van der Waals surface area contributed by atoms with Crippen LogP contribution >= 0.6 is 0 Å². The molecule has 30 heavy (non-hydrogen) atoms. The molecule has 0 aliphatic carbocycles. The summed E-state index contributed by atoms with van der Waals surface area (Å²) in [5.41, 5.74) is 0.777. The molecule has 10 nitrogen and oxygen atoms in total. The van der Waals surface area contributed by atoms with Gasteiger partial charge in [-0.3, -0.25) is 14.9 Å². The third-order valence-electron chi connectivity index (χ3n) is 4.41. The number of furan rings is 1. The Labute approximate surface area is 169 Å². The Morgan fingerprint density at radius 3 is 2.87 bits per heavy atom. The molecule has 2 aromatic heterocycles. The van der Waals surface area contributed by atoms with Crippen molar-refractivity contribution in [1.82, 2.24) is 10.2 Å². The van der Waals surface area contributed by atoms with E-state index in [9.17, 15) is 14.4 Å². The minimum absolute atomic E-state index is 0.0220. The average Bonchev–Trinajstić information content (AvgIpc) is 3.32. The number of carbonyl (C=O) groups excluding carboxylic acids is 2. The van der Waals surface area contributed by atoms with Crippen LogP contribution in [0.15, 0.2) is 33.5 Å². The molecule has 1 aliphatic rings. The van der Waals surface area contributed by atoms with Crippen molar-refractivity contribution in [3.8, 4) is 11.5 Å². The molecular weight excluding hydrogens is 394 g/mol. The number of ether oxygens (including phenoxy) is 3. The lowest BCUT2D eigenvalue weighted by Gasteiger charge is -2.03. The number of rotatable bonds is 5. The summed E-state index contributed by atoms with van der Waals surface area (Å²) in [5.74, 6) is 0.292. The van der Waals surface area contributed by atoms with Crippen molar-refractivity contribution in [2.75, 3.05) is 18.7 Å². The standard InChI is InChI=1S/C20H17N3O7/c1-10-17-11(2)30-20(18(17)19(26)23-22-10)21-15(24)8-27-16(25)6-4-12-3-5-13-14(7-12)29-9-28-13/h3-7H,8-9H2,1-2H3,(H,21,24)(H,23,26). The Hall–Kier alpha value is -4.08. The highest BCUT2D eigenvalue weighted by Crippen LogP contribution is 2.32. The average molecular weight is 411 g/mol. The van der Waals surface area contributed by atoms with Gasteiger partial charge in [-0.15, -0.1) is 0 Å². The van der Waals surface area contributed by atoms with Gasteiger partial charge in [-0.05, 0) is 37.6 Å². The zero-order valence-electron chi connectivity index (χ0n) is 16.1. The molecule has 0 fully saturated rings. The van der Waals surface area contributed by atoms with Crippen molar-refractivity contribution in [2.45, 2.75) is 13.8 Å². The fourth-order valence-corrected chi connectivity index (χ4v) is 3.06. The van der Waals surface area contributed by atoms with Crippen LogP contribution in [0.5, 0.6) is 11.5 Å². The highest BCUT2D eigenvalue weighted by atomic mass is 16.7. The first-order valence-electron chi connectivity index (χ1n) is 8.95. The second-order valence-electron chi connectivity index (χ2n) is 6.48. The van der Waals surface area contributed by atoms with Crippen LogP contribution in [0, 0.1) is 13.8 Å². The lowest BCUT2D eigenvalue weighted by molar-refractivity contribution is -0.142. The van der Waals surface area contributed by atoms with Crippen molar-refractivity contribution in [3.05, 3.63) is 51.6 Å². The van der Waals surface area contributed by atoms with Gasteiger partial charge in [0.1, 0.15) is 11.1 Å². The third-order valence-corrected chi connectivity index (χ3v) is 4.41. The molecule has 0 bridgehead atoms. The summed E-state index contributed by atoms with van der Waals surface area (Å²) in [6, 6.07) is 5.20. The number of anilines is 1. The number of H-pyrrole nitrogens is 1. The highest BCUT2D eigenvalue weighted by molar-refractivity contribution is 6.02. The van der Waals surface area contributed by atoms with Crippen molar-refractivity contribution < 1.29 is 28.2 Å². The largest absolute Gasteiger partial charge is 0.454 e. The van der Waals surface area contributed by atoms with E-state index >= 15 is 0 Å². The molecule has 2 N–H and O–H groups in total. The first-order chi connectivity index (χ1) is 14.4. The topological polar surface area (TPSA) is 133 Å². The maximum absolute atomic E-state index is 12.1. The Bertz CT molecular complexity index is 1240. The normalized spacial score (nSPS) is 12.5. The smallest absolute Gasteiger partial charge is 0.331 e. The van der Waals surface area contributed by atoms with E-state index < -0.39 is 24.0 Å². The fourth-order valence-electron chi connectivity index (χ4n) is 3.06. The predicted octanol–water partition coefficient (Wildman–Crippen LogP) is 2.06. The zero-order valence-corrected chi connectivity index (χ0v) is 16.1. The molecule has 0 spiro atoms. The minimum atomic E-state index is -0.707. The van der Waals surface area contributed by atoms with Gasteiger partial charge < -0.3 is 18.6 Å². The van der Waals surface area contributed by atoms with Crippen LogP contribution in [0.2, 0.25) is 0 Å². The molecule has 10 heteroatoms. The summed E-state index contributed by atoms with van der Waals surface area (Å²) < 4.78 is 20.9. The van der Waals surface area contributed by atoms with E-state index in [-0.39, 0.29) is 18.1 Å².